The molecule has 0 spiro atoms. The number of carbonyl (C=O) groups excluding carboxylic acids is 1. The lowest BCUT2D eigenvalue weighted by atomic mass is 10.1. The molecule has 3 nitrogen and oxygen atoms in total. The second-order valence-electron chi connectivity index (χ2n) is 3.32. The molecule has 0 aromatic rings. The van der Waals surface area contributed by atoms with E-state index in [0.717, 1.165) is 6.42 Å². The summed E-state index contributed by atoms with van der Waals surface area (Å²) in [6.07, 6.45) is 1.53. The summed E-state index contributed by atoms with van der Waals surface area (Å²) in [6.45, 7) is 2.15. The van der Waals surface area contributed by atoms with Gasteiger partial charge in [0.05, 0.1) is 13.5 Å². The van der Waals surface area contributed by atoms with Gasteiger partial charge in [-0.1, -0.05) is 6.92 Å². The molecule has 0 saturated heterocycles. The summed E-state index contributed by atoms with van der Waals surface area (Å²) in [7, 11) is 1.39. The number of methoxy groups -OCH3 is 1. The van der Waals surface area contributed by atoms with Gasteiger partial charge < -0.3 is 10.5 Å². The fraction of sp³-hybridized carbons (Fsp3) is 0.875. The van der Waals surface area contributed by atoms with Crippen LogP contribution in [-0.4, -0.2) is 19.1 Å². The van der Waals surface area contributed by atoms with Crippen LogP contribution in [-0.2, 0) is 9.53 Å². The van der Waals surface area contributed by atoms with E-state index < -0.39 is 0 Å². The Morgan fingerprint density at radius 3 is 2.73 bits per heavy atom. The third-order valence-electron chi connectivity index (χ3n) is 2.35. The van der Waals surface area contributed by atoms with E-state index in [4.69, 9.17) is 5.73 Å². The maximum Gasteiger partial charge on any atom is 0.307 e. The molecule has 0 aromatic carbocycles. The van der Waals surface area contributed by atoms with Gasteiger partial charge in [-0.25, -0.2) is 0 Å². The van der Waals surface area contributed by atoms with Crippen molar-refractivity contribution in [2.24, 2.45) is 17.6 Å². The zero-order valence-corrected chi connectivity index (χ0v) is 7.04. The number of carbonyl (C=O) groups is 1. The fourth-order valence-corrected chi connectivity index (χ4v) is 1.37. The molecular weight excluding hydrogens is 142 g/mol. The van der Waals surface area contributed by atoms with Crippen molar-refractivity contribution in [3.63, 3.8) is 0 Å². The maximum absolute atomic E-state index is 10.8. The van der Waals surface area contributed by atoms with E-state index in [1.807, 2.05) is 0 Å². The molecule has 1 saturated carbocycles. The van der Waals surface area contributed by atoms with Crippen molar-refractivity contribution in [3.8, 4) is 0 Å². The van der Waals surface area contributed by atoms with Crippen molar-refractivity contribution in [2.45, 2.75) is 25.8 Å². The van der Waals surface area contributed by atoms with Crippen LogP contribution in [0.15, 0.2) is 0 Å². The van der Waals surface area contributed by atoms with E-state index in [9.17, 15) is 4.79 Å². The van der Waals surface area contributed by atoms with Crippen LogP contribution in [0.4, 0.5) is 0 Å². The Bertz CT molecular complexity index is 158. The highest BCUT2D eigenvalue weighted by atomic mass is 16.5. The summed E-state index contributed by atoms with van der Waals surface area (Å²) in [6, 6.07) is 0.0115. The summed E-state index contributed by atoms with van der Waals surface area (Å²) in [4.78, 5) is 10.8. The molecular formula is C8H15NO2. The molecule has 1 fully saturated rings. The minimum absolute atomic E-state index is 0.0115. The van der Waals surface area contributed by atoms with Gasteiger partial charge in [-0.15, -0.1) is 0 Å². The molecule has 0 heterocycles. The van der Waals surface area contributed by atoms with Crippen LogP contribution in [0.3, 0.4) is 0 Å². The van der Waals surface area contributed by atoms with Gasteiger partial charge in [-0.3, -0.25) is 4.79 Å². The van der Waals surface area contributed by atoms with E-state index in [0.29, 0.717) is 18.3 Å². The Balaban J connectivity index is 2.21. The van der Waals surface area contributed by atoms with Gasteiger partial charge in [-0.05, 0) is 18.3 Å². The lowest BCUT2D eigenvalue weighted by Crippen LogP contribution is -2.27. The highest BCUT2D eigenvalue weighted by Crippen LogP contribution is 2.40. The second kappa shape index (κ2) is 3.22. The van der Waals surface area contributed by atoms with E-state index in [1.165, 1.54) is 7.11 Å². The van der Waals surface area contributed by atoms with Gasteiger partial charge >= 0.3 is 5.97 Å². The molecule has 0 amide bonds. The summed E-state index contributed by atoms with van der Waals surface area (Å²) < 4.78 is 4.52. The monoisotopic (exact) mass is 157 g/mol. The minimum Gasteiger partial charge on any atom is -0.469 e. The van der Waals surface area contributed by atoms with Crippen molar-refractivity contribution in [1.82, 2.24) is 0 Å². The SMILES string of the molecule is COC(=O)C[C@@H](N)C1CC1C. The third-order valence-corrected chi connectivity index (χ3v) is 2.35. The topological polar surface area (TPSA) is 52.3 Å². The molecule has 0 aliphatic heterocycles. The lowest BCUT2D eigenvalue weighted by molar-refractivity contribution is -0.141. The molecule has 0 bridgehead atoms. The van der Waals surface area contributed by atoms with Crippen LogP contribution in [0.2, 0.25) is 0 Å². The normalized spacial score (nSPS) is 31.2. The average molecular weight is 157 g/mol. The first-order valence-corrected chi connectivity index (χ1v) is 3.97. The number of rotatable bonds is 3. The van der Waals surface area contributed by atoms with E-state index in [-0.39, 0.29) is 12.0 Å². The van der Waals surface area contributed by atoms with Crippen LogP contribution in [0.25, 0.3) is 0 Å². The summed E-state index contributed by atoms with van der Waals surface area (Å²) in [5, 5.41) is 0. The molecule has 1 rings (SSSR count). The highest BCUT2D eigenvalue weighted by molar-refractivity contribution is 5.70. The number of hydrogen-bond donors (Lipinski definition) is 1. The molecule has 64 valence electrons. The van der Waals surface area contributed by atoms with Crippen molar-refractivity contribution in [2.75, 3.05) is 7.11 Å². The Hall–Kier alpha value is -0.570. The summed E-state index contributed by atoms with van der Waals surface area (Å²) in [5.41, 5.74) is 5.75. The molecule has 3 atom stereocenters. The molecule has 0 radical (unpaired) electrons. The van der Waals surface area contributed by atoms with Gasteiger partial charge in [0.1, 0.15) is 0 Å². The zero-order valence-electron chi connectivity index (χ0n) is 7.04. The average Bonchev–Trinajstić information content (AvgIpc) is 2.66. The molecule has 2 unspecified atom stereocenters. The Kier molecular flexibility index (Phi) is 2.49. The van der Waals surface area contributed by atoms with Crippen LogP contribution in [0.1, 0.15) is 19.8 Å². The van der Waals surface area contributed by atoms with Gasteiger partial charge in [0.2, 0.25) is 0 Å². The molecule has 1 aliphatic carbocycles. The smallest absolute Gasteiger partial charge is 0.307 e. The first-order chi connectivity index (χ1) is 5.15. The highest BCUT2D eigenvalue weighted by Gasteiger charge is 2.38. The fourth-order valence-electron chi connectivity index (χ4n) is 1.37. The van der Waals surface area contributed by atoms with E-state index in [2.05, 4.69) is 11.7 Å². The Labute approximate surface area is 66.9 Å². The molecule has 11 heavy (non-hydrogen) atoms. The van der Waals surface area contributed by atoms with Crippen LogP contribution in [0, 0.1) is 11.8 Å². The van der Waals surface area contributed by atoms with E-state index in [1.54, 1.807) is 0 Å². The molecule has 2 N–H and O–H groups in total. The minimum atomic E-state index is -0.198. The predicted octanol–water partition coefficient (Wildman–Crippen LogP) is 0.533. The van der Waals surface area contributed by atoms with Crippen molar-refractivity contribution >= 4 is 5.97 Å². The van der Waals surface area contributed by atoms with Gasteiger partial charge in [-0.2, -0.15) is 0 Å². The first kappa shape index (κ1) is 8.53. The Morgan fingerprint density at radius 2 is 2.36 bits per heavy atom. The number of nitrogens with two attached hydrogens (primary N) is 1. The van der Waals surface area contributed by atoms with Crippen molar-refractivity contribution < 1.29 is 9.53 Å². The number of ether oxygens (including phenoxy) is 1. The number of hydrogen-bond acceptors (Lipinski definition) is 3. The third kappa shape index (κ3) is 2.19. The lowest BCUT2D eigenvalue weighted by Gasteiger charge is -2.07. The van der Waals surface area contributed by atoms with Crippen LogP contribution in [0.5, 0.6) is 0 Å². The van der Waals surface area contributed by atoms with Crippen LogP contribution >= 0.6 is 0 Å². The van der Waals surface area contributed by atoms with Gasteiger partial charge in [0.15, 0.2) is 0 Å². The van der Waals surface area contributed by atoms with Crippen molar-refractivity contribution in [3.05, 3.63) is 0 Å². The second-order valence-corrected chi connectivity index (χ2v) is 3.32. The first-order valence-electron chi connectivity index (χ1n) is 3.97. The number of esters is 1. The van der Waals surface area contributed by atoms with Crippen molar-refractivity contribution in [1.29, 1.82) is 0 Å². The van der Waals surface area contributed by atoms with Gasteiger partial charge in [0.25, 0.3) is 0 Å². The molecule has 0 aromatic heterocycles. The van der Waals surface area contributed by atoms with Crippen LogP contribution < -0.4 is 5.73 Å². The molecule has 3 heteroatoms. The quantitative estimate of drug-likeness (QED) is 0.608. The zero-order chi connectivity index (χ0) is 8.43. The Morgan fingerprint density at radius 1 is 1.82 bits per heavy atom. The van der Waals surface area contributed by atoms with E-state index >= 15 is 0 Å². The summed E-state index contributed by atoms with van der Waals surface area (Å²) in [5.74, 6) is 1.06. The summed E-state index contributed by atoms with van der Waals surface area (Å²) >= 11 is 0. The molecule has 1 aliphatic rings. The van der Waals surface area contributed by atoms with Gasteiger partial charge in [0, 0.05) is 6.04 Å². The predicted molar refractivity (Wildman–Crippen MR) is 41.9 cm³/mol. The maximum atomic E-state index is 10.8. The largest absolute Gasteiger partial charge is 0.469 e. The standard InChI is InChI=1S/C8H15NO2/c1-5-3-6(5)7(9)4-8(10)11-2/h5-7H,3-4,9H2,1-2H3/t5?,6?,7-/m1/s1.